The minimum Gasteiger partial charge on any atom is -0.0602 e. The second-order valence-corrected chi connectivity index (χ2v) is 22.2. The zero-order valence-corrected chi connectivity index (χ0v) is 33.1. The molecule has 0 N–H and O–H groups in total. The molecule has 0 radical (unpaired) electrons. The molecule has 0 heteroatoms. The first-order chi connectivity index (χ1) is 16.1. The van der Waals surface area contributed by atoms with E-state index in [1.807, 2.05) is 0 Å². The molecular weight excluding hydrogens is 468 g/mol. The maximum atomic E-state index is 2.40. The zero-order chi connectivity index (χ0) is 33.1. The second kappa shape index (κ2) is 13.1. The fourth-order valence-corrected chi connectivity index (χ4v) is 4.82. The van der Waals surface area contributed by atoms with Gasteiger partial charge in [0.1, 0.15) is 0 Å². The Morgan fingerprint density at radius 1 is 0.205 bits per heavy atom. The minimum absolute atomic E-state index is 0.371. The summed E-state index contributed by atoms with van der Waals surface area (Å²) in [5, 5.41) is 0. The van der Waals surface area contributed by atoms with Crippen LogP contribution in [0.2, 0.25) is 0 Å². The van der Waals surface area contributed by atoms with Crippen LogP contribution in [0.3, 0.4) is 0 Å². The molecule has 0 rings (SSSR count). The summed E-state index contributed by atoms with van der Waals surface area (Å²) >= 11 is 0. The predicted molar refractivity (Wildman–Crippen MR) is 186 cm³/mol. The molecule has 0 saturated carbocycles. The molecule has 0 aliphatic carbocycles. The van der Waals surface area contributed by atoms with E-state index in [1.54, 1.807) is 0 Å². The van der Waals surface area contributed by atoms with Gasteiger partial charge >= 0.3 is 0 Å². The van der Waals surface area contributed by atoms with E-state index in [0.29, 0.717) is 54.1 Å². The lowest BCUT2D eigenvalue weighted by molar-refractivity contribution is 0.0109. The van der Waals surface area contributed by atoms with E-state index >= 15 is 0 Å². The molecule has 240 valence electrons. The lowest BCUT2D eigenvalue weighted by Gasteiger charge is -2.49. The van der Waals surface area contributed by atoms with E-state index in [-0.39, 0.29) is 0 Å². The van der Waals surface area contributed by atoms with Gasteiger partial charge in [-0.15, -0.1) is 0 Å². The van der Waals surface area contributed by atoms with Crippen LogP contribution in [0.1, 0.15) is 199 Å². The van der Waals surface area contributed by atoms with Gasteiger partial charge in [-0.2, -0.15) is 0 Å². The summed E-state index contributed by atoms with van der Waals surface area (Å²) in [6.07, 6.45) is 3.83. The van der Waals surface area contributed by atoms with E-state index in [9.17, 15) is 0 Å². The molecule has 0 bridgehead atoms. The molecule has 0 heterocycles. The van der Waals surface area contributed by atoms with Crippen molar-refractivity contribution in [1.82, 2.24) is 0 Å². The van der Waals surface area contributed by atoms with Crippen molar-refractivity contribution in [2.24, 2.45) is 54.1 Å². The maximum Gasteiger partial charge on any atom is -0.0300 e. The molecule has 0 aromatic carbocycles. The molecule has 39 heavy (non-hydrogen) atoms. The Bertz CT molecular complexity index is 618. The summed E-state index contributed by atoms with van der Waals surface area (Å²) in [6, 6.07) is 0. The third-order valence-electron chi connectivity index (χ3n) is 10.9. The van der Waals surface area contributed by atoms with Crippen LogP contribution in [0.15, 0.2) is 0 Å². The van der Waals surface area contributed by atoms with Gasteiger partial charge in [0.25, 0.3) is 0 Å². The Labute approximate surface area is 253 Å². The summed E-state index contributed by atoms with van der Waals surface area (Å²) in [5.41, 5.74) is 4.03. The molecule has 0 saturated heterocycles. The Morgan fingerprint density at radius 2 is 0.333 bits per heavy atom. The molecule has 0 amide bonds. The summed E-state index contributed by atoms with van der Waals surface area (Å²) in [6.45, 7) is 61.1. The van der Waals surface area contributed by atoms with Crippen LogP contribution in [-0.4, -0.2) is 0 Å². The van der Waals surface area contributed by atoms with Gasteiger partial charge < -0.3 is 0 Å². The van der Waals surface area contributed by atoms with E-state index < -0.39 is 0 Å². The summed E-state index contributed by atoms with van der Waals surface area (Å²) in [4.78, 5) is 0. The smallest absolute Gasteiger partial charge is 0.0300 e. The first-order valence-corrected chi connectivity index (χ1v) is 16.1. The van der Waals surface area contributed by atoms with Crippen molar-refractivity contribution < 1.29 is 0 Å². The zero-order valence-electron chi connectivity index (χ0n) is 33.1. The standard InChI is InChI=1S/C15H32.2C12H26/c1-12(2,3)14(7,8)11-15(9,10)13(4,5)6;2*1-10(2,3)9-12(7,8)11(4,5)6/h11H2,1-10H3;2*9H2,1-8H3. The molecule has 0 aliphatic rings. The molecule has 0 aromatic rings. The van der Waals surface area contributed by atoms with Gasteiger partial charge in [0.05, 0.1) is 0 Å². The highest BCUT2D eigenvalue weighted by atomic mass is 14.5. The Kier molecular flexibility index (Phi) is 14.6. The van der Waals surface area contributed by atoms with Crippen LogP contribution in [0, 0.1) is 54.1 Å². The summed E-state index contributed by atoms with van der Waals surface area (Å²) in [5.74, 6) is 0. The highest BCUT2D eigenvalue weighted by Gasteiger charge is 2.42. The SMILES string of the molecule is CC(C)(C)C(C)(C)CC(C)(C)C(C)(C)C.CC(C)(C)CC(C)(C)C(C)(C)C.CC(C)(C)CC(C)(C)C(C)(C)C. The monoisotopic (exact) mass is 553 g/mol. The highest BCUT2D eigenvalue weighted by molar-refractivity contribution is 4.92. The van der Waals surface area contributed by atoms with Crippen molar-refractivity contribution in [3.05, 3.63) is 0 Å². The lowest BCUT2D eigenvalue weighted by atomic mass is 9.56. The van der Waals surface area contributed by atoms with Crippen LogP contribution in [0.25, 0.3) is 0 Å². The van der Waals surface area contributed by atoms with Crippen molar-refractivity contribution in [2.75, 3.05) is 0 Å². The largest absolute Gasteiger partial charge is 0.0602 e. The summed E-state index contributed by atoms with van der Waals surface area (Å²) < 4.78 is 0. The number of hydrogen-bond donors (Lipinski definition) is 0. The van der Waals surface area contributed by atoms with E-state index in [0.717, 1.165) is 0 Å². The molecule has 0 spiro atoms. The van der Waals surface area contributed by atoms with Crippen molar-refractivity contribution in [3.8, 4) is 0 Å². The van der Waals surface area contributed by atoms with Gasteiger partial charge in [0, 0.05) is 0 Å². The Hall–Kier alpha value is 0. The van der Waals surface area contributed by atoms with Gasteiger partial charge in [-0.25, -0.2) is 0 Å². The third kappa shape index (κ3) is 16.9. The predicted octanol–water partition coefficient (Wildman–Crippen LogP) is 14.5. The first kappa shape index (κ1) is 43.5. The van der Waals surface area contributed by atoms with Crippen LogP contribution < -0.4 is 0 Å². The van der Waals surface area contributed by atoms with E-state index in [1.165, 1.54) is 19.3 Å². The first-order valence-electron chi connectivity index (χ1n) is 16.1. The summed E-state index contributed by atoms with van der Waals surface area (Å²) in [7, 11) is 0. The number of hydrogen-bond acceptors (Lipinski definition) is 0. The molecule has 0 fully saturated rings. The fraction of sp³-hybridized carbons (Fsp3) is 1.00. The van der Waals surface area contributed by atoms with Crippen molar-refractivity contribution >= 4 is 0 Å². The molecule has 0 unspecified atom stereocenters. The van der Waals surface area contributed by atoms with Crippen LogP contribution in [0.5, 0.6) is 0 Å². The van der Waals surface area contributed by atoms with Crippen molar-refractivity contribution in [1.29, 1.82) is 0 Å². The average Bonchev–Trinajstić information content (AvgIpc) is 2.45. The maximum absolute atomic E-state index is 2.40. The second-order valence-electron chi connectivity index (χ2n) is 22.2. The molecule has 0 aliphatic heterocycles. The normalized spacial score (nSPS) is 15.2. The van der Waals surface area contributed by atoms with E-state index in [2.05, 4.69) is 180 Å². The van der Waals surface area contributed by atoms with Gasteiger partial charge in [0.2, 0.25) is 0 Å². The minimum atomic E-state index is 0.371. The van der Waals surface area contributed by atoms with Crippen molar-refractivity contribution in [2.45, 2.75) is 199 Å². The van der Waals surface area contributed by atoms with Gasteiger partial charge in [0.15, 0.2) is 0 Å². The Balaban J connectivity index is -0.000000503. The van der Waals surface area contributed by atoms with Crippen LogP contribution in [0.4, 0.5) is 0 Å². The molecule has 0 atom stereocenters. The average molecular weight is 553 g/mol. The molecule has 0 aromatic heterocycles. The van der Waals surface area contributed by atoms with Gasteiger partial charge in [-0.3, -0.25) is 0 Å². The van der Waals surface area contributed by atoms with Crippen molar-refractivity contribution in [3.63, 3.8) is 0 Å². The quantitative estimate of drug-likeness (QED) is 0.325. The molecule has 0 nitrogen and oxygen atoms in total. The van der Waals surface area contributed by atoms with Gasteiger partial charge in [-0.1, -0.05) is 180 Å². The van der Waals surface area contributed by atoms with E-state index in [4.69, 9.17) is 0 Å². The fourth-order valence-electron chi connectivity index (χ4n) is 4.82. The van der Waals surface area contributed by atoms with Crippen LogP contribution in [-0.2, 0) is 0 Å². The number of rotatable bonds is 4. The Morgan fingerprint density at radius 3 is 0.410 bits per heavy atom. The lowest BCUT2D eigenvalue weighted by Crippen LogP contribution is -2.40. The molecular formula is C39H84. The highest BCUT2D eigenvalue weighted by Crippen LogP contribution is 2.52. The van der Waals surface area contributed by atoms with Gasteiger partial charge in [-0.05, 0) is 73.4 Å². The van der Waals surface area contributed by atoms with Crippen LogP contribution >= 0.6 is 0 Å². The topological polar surface area (TPSA) is 0 Å². The third-order valence-corrected chi connectivity index (χ3v) is 10.9.